The van der Waals surface area contributed by atoms with Crippen LogP contribution < -0.4 is 78.5 Å². The summed E-state index contributed by atoms with van der Waals surface area (Å²) in [7, 11) is 0. The number of rotatable bonds is 5. The first kappa shape index (κ1) is 57.3. The number of ether oxygens (including phenoxy) is 3. The number of hydrogen-bond acceptors (Lipinski definition) is 6. The number of aryl methyl sites for hydroxylation is 3. The standard InChI is InChI=1S/C93H59B3N6O3/c1-53-41-54(2)93(55(3)42-53)102-81-52-86-71(50-69(81)95-67-32-14-22-40-84(67)103-87-46-58(45-83(102)91(87)95)100-76-35-17-9-27-62(76)63-28-10-18-36-77(63)100)96-70-49-68-72(51-85(70)104-88-47-59(48-89(105-86)92(88)96)101-78-37-19-11-29-64(78)65-30-12-20-38-79(65)101)97-73-43-57(99-74-33-15-7-25-60(74)61-26-8-16-34-75(61)99)44-82-90(73)94(68)66-31-13-21-39-80(66)98(82)56-23-5-4-6-24-56/h4-52,97H,1-3H3. The van der Waals surface area contributed by atoms with Gasteiger partial charge in [-0.25, -0.2) is 0 Å². The Labute approximate surface area is 605 Å². The summed E-state index contributed by atoms with van der Waals surface area (Å²) in [6, 6.07) is 110. The third kappa shape index (κ3) is 7.79. The molecular formula is C93H59B3N6O3. The molecule has 6 aliphatic heterocycles. The summed E-state index contributed by atoms with van der Waals surface area (Å²) < 4.78 is 30.1. The third-order valence-electron chi connectivity index (χ3n) is 23.5. The van der Waals surface area contributed by atoms with E-state index in [9.17, 15) is 0 Å². The molecule has 0 atom stereocenters. The van der Waals surface area contributed by atoms with Crippen molar-refractivity contribution in [2.24, 2.45) is 0 Å². The molecule has 9 nitrogen and oxygen atoms in total. The van der Waals surface area contributed by atoms with Crippen molar-refractivity contribution < 1.29 is 14.2 Å². The van der Waals surface area contributed by atoms with Crippen LogP contribution in [0.25, 0.3) is 82.5 Å². The van der Waals surface area contributed by atoms with Gasteiger partial charge in [-0.15, -0.1) is 0 Å². The minimum atomic E-state index is -0.339. The maximum atomic E-state index is 7.83. The van der Waals surface area contributed by atoms with E-state index >= 15 is 0 Å². The topological polar surface area (TPSA) is 61.0 Å². The Balaban J connectivity index is 0.769. The fourth-order valence-corrected chi connectivity index (χ4v) is 19.6. The van der Waals surface area contributed by atoms with Gasteiger partial charge in [0.15, 0.2) is 0 Å². The van der Waals surface area contributed by atoms with Crippen LogP contribution >= 0.6 is 0 Å². The van der Waals surface area contributed by atoms with Crippen LogP contribution in [0, 0.1) is 20.8 Å². The molecule has 0 unspecified atom stereocenters. The second-order valence-corrected chi connectivity index (χ2v) is 29.3. The van der Waals surface area contributed by atoms with E-state index < -0.39 is 0 Å². The highest BCUT2D eigenvalue weighted by Gasteiger charge is 2.49. The molecule has 0 saturated carbocycles. The zero-order chi connectivity index (χ0) is 68.8. The molecule has 18 aromatic rings. The van der Waals surface area contributed by atoms with E-state index in [2.05, 4.69) is 347 Å². The molecule has 0 bridgehead atoms. The van der Waals surface area contributed by atoms with E-state index in [0.717, 1.165) is 157 Å². The van der Waals surface area contributed by atoms with E-state index in [-0.39, 0.29) is 20.1 Å². The molecule has 9 heterocycles. The minimum absolute atomic E-state index is 0.170. The van der Waals surface area contributed by atoms with Gasteiger partial charge in [0.05, 0.1) is 55.8 Å². The number of aromatic nitrogens is 3. The van der Waals surface area contributed by atoms with Crippen LogP contribution in [-0.2, 0) is 0 Å². The number of hydrogen-bond donors (Lipinski definition) is 1. The van der Waals surface area contributed by atoms with Crippen LogP contribution in [0.4, 0.5) is 45.5 Å². The maximum Gasteiger partial charge on any atom is 0.260 e. The van der Waals surface area contributed by atoms with E-state index in [1.165, 1.54) is 70.9 Å². The smallest absolute Gasteiger partial charge is 0.260 e. The van der Waals surface area contributed by atoms with E-state index in [4.69, 9.17) is 14.2 Å². The van der Waals surface area contributed by atoms with Crippen molar-refractivity contribution in [3.63, 3.8) is 0 Å². The summed E-state index contributed by atoms with van der Waals surface area (Å²) in [5.41, 5.74) is 32.3. The first-order chi connectivity index (χ1) is 51.8. The molecule has 3 aromatic heterocycles. The van der Waals surface area contributed by atoms with Gasteiger partial charge in [-0.3, -0.25) is 0 Å². The van der Waals surface area contributed by atoms with Crippen molar-refractivity contribution in [3.05, 3.63) is 314 Å². The summed E-state index contributed by atoms with van der Waals surface area (Å²) in [5.74, 6) is 4.78. The lowest BCUT2D eigenvalue weighted by Crippen LogP contribution is -2.64. The quantitative estimate of drug-likeness (QED) is 0.173. The highest BCUT2D eigenvalue weighted by Crippen LogP contribution is 2.50. The van der Waals surface area contributed by atoms with Gasteiger partial charge >= 0.3 is 0 Å². The molecule has 0 spiro atoms. The average Bonchev–Trinajstić information content (AvgIpc) is 1.43. The Morgan fingerprint density at radius 1 is 0.257 bits per heavy atom. The van der Waals surface area contributed by atoms with Gasteiger partial charge in [0.1, 0.15) is 34.5 Å². The van der Waals surface area contributed by atoms with Crippen molar-refractivity contribution in [2.45, 2.75) is 20.8 Å². The Hall–Kier alpha value is -13.3. The van der Waals surface area contributed by atoms with E-state index in [1.807, 2.05) is 0 Å². The Kier molecular flexibility index (Phi) is 11.4. The third-order valence-corrected chi connectivity index (χ3v) is 23.5. The van der Waals surface area contributed by atoms with Crippen molar-refractivity contribution >= 4 is 180 Å². The first-order valence-corrected chi connectivity index (χ1v) is 36.4. The lowest BCUT2D eigenvalue weighted by Gasteiger charge is -2.43. The molecule has 105 heavy (non-hydrogen) atoms. The minimum Gasteiger partial charge on any atom is -0.458 e. The fraction of sp³-hybridized carbons (Fsp3) is 0.0323. The van der Waals surface area contributed by atoms with Gasteiger partial charge in [-0.2, -0.15) is 0 Å². The Bertz CT molecular complexity index is 6790. The lowest BCUT2D eigenvalue weighted by atomic mass is 9.30. The molecule has 12 heteroatoms. The lowest BCUT2D eigenvalue weighted by molar-refractivity contribution is 0.464. The van der Waals surface area contributed by atoms with Crippen LogP contribution in [0.15, 0.2) is 297 Å². The zero-order valence-electron chi connectivity index (χ0n) is 57.5. The van der Waals surface area contributed by atoms with Crippen molar-refractivity contribution in [3.8, 4) is 51.6 Å². The second-order valence-electron chi connectivity index (χ2n) is 29.3. The highest BCUT2D eigenvalue weighted by atomic mass is 16.5. The van der Waals surface area contributed by atoms with Crippen LogP contribution in [0.1, 0.15) is 16.7 Å². The number of anilines is 8. The number of nitrogens with zero attached hydrogens (tertiary/aromatic N) is 5. The summed E-state index contributed by atoms with van der Waals surface area (Å²) in [6.07, 6.45) is 0. The zero-order valence-corrected chi connectivity index (χ0v) is 57.5. The van der Waals surface area contributed by atoms with E-state index in [0.29, 0.717) is 0 Å². The monoisotopic (exact) mass is 1340 g/mol. The van der Waals surface area contributed by atoms with Crippen LogP contribution in [0.3, 0.4) is 0 Å². The Morgan fingerprint density at radius 2 is 0.676 bits per heavy atom. The molecular weight excluding hydrogens is 1280 g/mol. The average molecular weight is 1340 g/mol. The van der Waals surface area contributed by atoms with Crippen LogP contribution in [0.5, 0.6) is 34.5 Å². The molecule has 6 aliphatic rings. The molecule has 0 radical (unpaired) electrons. The largest absolute Gasteiger partial charge is 0.458 e. The van der Waals surface area contributed by atoms with Gasteiger partial charge in [0.25, 0.3) is 20.1 Å². The molecule has 488 valence electrons. The summed E-state index contributed by atoms with van der Waals surface area (Å²) >= 11 is 0. The normalized spacial score (nSPS) is 13.7. The number of para-hydroxylation sites is 9. The maximum absolute atomic E-state index is 7.83. The van der Waals surface area contributed by atoms with Crippen molar-refractivity contribution in [1.82, 2.24) is 13.7 Å². The molecule has 24 rings (SSSR count). The van der Waals surface area contributed by atoms with Gasteiger partial charge < -0.3 is 43.0 Å². The van der Waals surface area contributed by atoms with Crippen LogP contribution in [0.2, 0.25) is 0 Å². The number of benzene rings is 15. The van der Waals surface area contributed by atoms with Gasteiger partial charge in [0.2, 0.25) is 0 Å². The molecule has 1 N–H and O–H groups in total. The first-order valence-electron chi connectivity index (χ1n) is 36.4. The molecule has 0 aliphatic carbocycles. The van der Waals surface area contributed by atoms with Gasteiger partial charge in [-0.1, -0.05) is 194 Å². The molecule has 15 aromatic carbocycles. The van der Waals surface area contributed by atoms with Crippen molar-refractivity contribution in [1.29, 1.82) is 0 Å². The molecule has 0 fully saturated rings. The predicted octanol–water partition coefficient (Wildman–Crippen LogP) is 17.4. The molecule has 0 amide bonds. The summed E-state index contributed by atoms with van der Waals surface area (Å²) in [4.78, 5) is 5.03. The summed E-state index contributed by atoms with van der Waals surface area (Å²) in [5, 5.41) is 11.4. The van der Waals surface area contributed by atoms with Crippen molar-refractivity contribution in [2.75, 3.05) is 15.1 Å². The van der Waals surface area contributed by atoms with Gasteiger partial charge in [0, 0.05) is 108 Å². The Morgan fingerprint density at radius 3 is 1.24 bits per heavy atom. The number of nitrogens with one attached hydrogen (secondary N) is 1. The van der Waals surface area contributed by atoms with Gasteiger partial charge in [-0.05, 0) is 154 Å². The SMILES string of the molecule is Cc1cc(C)c(N2c3cc4c(cc3B3c5ccccc5Oc5cc(-n6c7ccccc7c7ccccc76)cc2c53)B2c3cc5c(cc3Oc3cc(-n6c7ccccc7c7ccccc76)cc(c32)O4)Nc2cc(-n3c4ccccc4c4ccccc43)cc3c2B5c2ccccc2N3c2ccccc2)c(C)c1. The number of fused-ring (bicyclic) bond motifs is 21. The predicted molar refractivity (Wildman–Crippen MR) is 436 cm³/mol. The molecule has 0 saturated heterocycles. The fourth-order valence-electron chi connectivity index (χ4n) is 19.6. The summed E-state index contributed by atoms with van der Waals surface area (Å²) in [6.45, 7) is 6.00. The second kappa shape index (κ2) is 20.9. The van der Waals surface area contributed by atoms with Crippen LogP contribution in [-0.4, -0.2) is 33.8 Å². The highest BCUT2D eigenvalue weighted by molar-refractivity contribution is 7.03. The van der Waals surface area contributed by atoms with E-state index in [1.54, 1.807) is 0 Å².